The molecule has 0 radical (unpaired) electrons. The number of benzene rings is 2. The summed E-state index contributed by atoms with van der Waals surface area (Å²) in [5.41, 5.74) is 3.17. The number of rotatable bonds is 6. The minimum absolute atomic E-state index is 0.0757. The first kappa shape index (κ1) is 19.8. The third-order valence-electron chi connectivity index (χ3n) is 5.39. The summed E-state index contributed by atoms with van der Waals surface area (Å²) in [5, 5.41) is 1.73. The molecule has 5 nitrogen and oxygen atoms in total. The van der Waals surface area contributed by atoms with Crippen LogP contribution in [0, 0.1) is 0 Å². The number of morpholine rings is 1. The van der Waals surface area contributed by atoms with Crippen molar-refractivity contribution in [1.82, 2.24) is 9.88 Å². The van der Waals surface area contributed by atoms with E-state index in [-0.39, 0.29) is 11.8 Å². The van der Waals surface area contributed by atoms with Crippen LogP contribution in [0.25, 0.3) is 10.9 Å². The van der Waals surface area contributed by atoms with Crippen LogP contribution in [0.15, 0.2) is 48.7 Å². The highest BCUT2D eigenvalue weighted by Crippen LogP contribution is 2.35. The zero-order chi connectivity index (χ0) is 20.2. The molecule has 4 rings (SSSR count). The average molecular weight is 413 g/mol. The lowest BCUT2D eigenvalue weighted by Gasteiger charge is -2.28. The van der Waals surface area contributed by atoms with Crippen LogP contribution in [-0.4, -0.2) is 48.7 Å². The van der Waals surface area contributed by atoms with Gasteiger partial charge in [-0.05, 0) is 48.4 Å². The number of carbonyl (C=O) groups excluding carboxylic acids is 1. The van der Waals surface area contributed by atoms with E-state index in [1.54, 1.807) is 0 Å². The lowest BCUT2D eigenvalue weighted by molar-refractivity contribution is -0.135. The van der Waals surface area contributed by atoms with Crippen LogP contribution in [0.3, 0.4) is 0 Å². The number of hydrogen-bond donors (Lipinski definition) is 1. The highest BCUT2D eigenvalue weighted by molar-refractivity contribution is 6.31. The molecule has 1 N–H and O–H groups in total. The summed E-state index contributed by atoms with van der Waals surface area (Å²) in [5.74, 6) is 0.897. The molecule has 1 fully saturated rings. The number of fused-ring (bicyclic) bond motifs is 1. The molecule has 152 valence electrons. The SMILES string of the molecule is CCOc1ccc([C@H](CC(=O)N2CCOCC2)c2c[nH]c3ccc(Cl)cc23)cc1. The summed E-state index contributed by atoms with van der Waals surface area (Å²) in [4.78, 5) is 18.3. The number of amides is 1. The lowest BCUT2D eigenvalue weighted by atomic mass is 9.87. The first-order valence-corrected chi connectivity index (χ1v) is 10.4. The molecule has 0 saturated carbocycles. The number of nitrogens with one attached hydrogen (secondary N) is 1. The van der Waals surface area contributed by atoms with Crippen molar-refractivity contribution < 1.29 is 14.3 Å². The number of halogens is 1. The molecule has 6 heteroatoms. The minimum Gasteiger partial charge on any atom is -0.494 e. The molecule has 1 aromatic heterocycles. The van der Waals surface area contributed by atoms with Crippen LogP contribution in [0.1, 0.15) is 30.4 Å². The van der Waals surface area contributed by atoms with E-state index in [9.17, 15) is 4.79 Å². The molecule has 0 aliphatic carbocycles. The molecule has 1 amide bonds. The predicted octanol–water partition coefficient (Wildman–Crippen LogP) is 4.60. The Morgan fingerprint density at radius 3 is 2.69 bits per heavy atom. The van der Waals surface area contributed by atoms with Crippen molar-refractivity contribution >= 4 is 28.4 Å². The van der Waals surface area contributed by atoms with Crippen molar-refractivity contribution in [2.24, 2.45) is 0 Å². The van der Waals surface area contributed by atoms with Crippen LogP contribution < -0.4 is 4.74 Å². The maximum Gasteiger partial charge on any atom is 0.223 e. The van der Waals surface area contributed by atoms with Gasteiger partial charge in [-0.25, -0.2) is 0 Å². The van der Waals surface area contributed by atoms with Crippen molar-refractivity contribution in [1.29, 1.82) is 0 Å². The second kappa shape index (κ2) is 8.89. The summed E-state index contributed by atoms with van der Waals surface area (Å²) in [6, 6.07) is 13.8. The fourth-order valence-electron chi connectivity index (χ4n) is 3.89. The summed E-state index contributed by atoms with van der Waals surface area (Å²) >= 11 is 6.26. The number of ether oxygens (including phenoxy) is 2. The maximum atomic E-state index is 13.1. The second-order valence-corrected chi connectivity index (χ2v) is 7.62. The number of nitrogens with zero attached hydrogens (tertiary/aromatic N) is 1. The van der Waals surface area contributed by atoms with Crippen LogP contribution in [0.2, 0.25) is 5.02 Å². The summed E-state index contributed by atoms with van der Waals surface area (Å²) < 4.78 is 11.0. The molecular formula is C23H25ClN2O3. The van der Waals surface area contributed by atoms with E-state index < -0.39 is 0 Å². The third kappa shape index (κ3) is 4.41. The molecule has 0 spiro atoms. The molecule has 2 aromatic carbocycles. The number of hydrogen-bond acceptors (Lipinski definition) is 3. The Labute approximate surface area is 175 Å². The molecule has 0 bridgehead atoms. The number of aromatic nitrogens is 1. The van der Waals surface area contributed by atoms with Crippen LogP contribution >= 0.6 is 11.6 Å². The molecule has 29 heavy (non-hydrogen) atoms. The largest absolute Gasteiger partial charge is 0.494 e. The molecule has 2 heterocycles. The quantitative estimate of drug-likeness (QED) is 0.643. The Bertz CT molecular complexity index is 977. The monoisotopic (exact) mass is 412 g/mol. The van der Waals surface area contributed by atoms with Gasteiger partial charge in [-0.2, -0.15) is 0 Å². The van der Waals surface area contributed by atoms with Gasteiger partial charge >= 0.3 is 0 Å². The van der Waals surface area contributed by atoms with E-state index >= 15 is 0 Å². The number of aromatic amines is 1. The minimum atomic E-state index is -0.0757. The Morgan fingerprint density at radius 2 is 1.97 bits per heavy atom. The van der Waals surface area contributed by atoms with Crippen molar-refractivity contribution in [3.63, 3.8) is 0 Å². The van der Waals surface area contributed by atoms with Crippen LogP contribution in [0.4, 0.5) is 0 Å². The standard InChI is InChI=1S/C23H25ClN2O3/c1-2-29-18-6-3-16(4-7-18)19(14-23(27)26-9-11-28-12-10-26)21-15-25-22-8-5-17(24)13-20(21)22/h3-8,13,15,19,25H,2,9-12,14H2,1H3/t19-/m0/s1. The predicted molar refractivity (Wildman–Crippen MR) is 115 cm³/mol. The van der Waals surface area contributed by atoms with Gasteiger partial charge < -0.3 is 19.4 Å². The van der Waals surface area contributed by atoms with Crippen molar-refractivity contribution in [3.05, 3.63) is 64.8 Å². The summed E-state index contributed by atoms with van der Waals surface area (Å²) in [6.07, 6.45) is 2.39. The van der Waals surface area contributed by atoms with Gasteiger partial charge in [0.15, 0.2) is 0 Å². The lowest BCUT2D eigenvalue weighted by Crippen LogP contribution is -2.41. The highest BCUT2D eigenvalue weighted by Gasteiger charge is 2.25. The topological polar surface area (TPSA) is 54.6 Å². The Kier molecular flexibility index (Phi) is 6.07. The van der Waals surface area contributed by atoms with Crippen molar-refractivity contribution in [2.75, 3.05) is 32.9 Å². The molecular weight excluding hydrogens is 388 g/mol. The van der Waals surface area contributed by atoms with Crippen molar-refractivity contribution in [3.8, 4) is 5.75 Å². The van der Waals surface area contributed by atoms with Gasteiger partial charge in [-0.15, -0.1) is 0 Å². The molecule has 1 saturated heterocycles. The van der Waals surface area contributed by atoms with E-state index in [1.807, 2.05) is 60.5 Å². The number of H-pyrrole nitrogens is 1. The van der Waals surface area contributed by atoms with E-state index in [4.69, 9.17) is 21.1 Å². The van der Waals surface area contributed by atoms with Gasteiger partial charge in [0.2, 0.25) is 5.91 Å². The highest BCUT2D eigenvalue weighted by atomic mass is 35.5. The normalized spacial score (nSPS) is 15.4. The molecule has 1 aliphatic heterocycles. The zero-order valence-electron chi connectivity index (χ0n) is 16.5. The van der Waals surface area contributed by atoms with Gasteiger partial charge in [0.05, 0.1) is 19.8 Å². The van der Waals surface area contributed by atoms with Crippen LogP contribution in [0.5, 0.6) is 5.75 Å². The molecule has 1 aliphatic rings. The first-order chi connectivity index (χ1) is 14.2. The van der Waals surface area contributed by atoms with Gasteiger partial charge in [-0.3, -0.25) is 4.79 Å². The van der Waals surface area contributed by atoms with E-state index in [1.165, 1.54) is 0 Å². The van der Waals surface area contributed by atoms with E-state index in [2.05, 4.69) is 4.98 Å². The summed E-state index contributed by atoms with van der Waals surface area (Å²) in [6.45, 7) is 5.08. The third-order valence-corrected chi connectivity index (χ3v) is 5.62. The fourth-order valence-corrected chi connectivity index (χ4v) is 4.06. The molecule has 3 aromatic rings. The smallest absolute Gasteiger partial charge is 0.223 e. The van der Waals surface area contributed by atoms with Crippen molar-refractivity contribution in [2.45, 2.75) is 19.3 Å². The Balaban J connectivity index is 1.69. The Morgan fingerprint density at radius 1 is 1.21 bits per heavy atom. The fraction of sp³-hybridized carbons (Fsp3) is 0.348. The second-order valence-electron chi connectivity index (χ2n) is 7.19. The van der Waals surface area contributed by atoms with Crippen LogP contribution in [-0.2, 0) is 9.53 Å². The van der Waals surface area contributed by atoms with Gasteiger partial charge in [0.1, 0.15) is 5.75 Å². The van der Waals surface area contributed by atoms with Gasteiger partial charge in [-0.1, -0.05) is 23.7 Å². The molecule has 0 unspecified atom stereocenters. The maximum absolute atomic E-state index is 13.1. The zero-order valence-corrected chi connectivity index (χ0v) is 17.2. The first-order valence-electron chi connectivity index (χ1n) is 10.0. The van der Waals surface area contributed by atoms with Gasteiger partial charge in [0, 0.05) is 47.6 Å². The average Bonchev–Trinajstić information content (AvgIpc) is 3.16. The van der Waals surface area contributed by atoms with E-state index in [0.29, 0.717) is 44.4 Å². The number of carbonyl (C=O) groups is 1. The van der Waals surface area contributed by atoms with E-state index in [0.717, 1.165) is 27.8 Å². The molecule has 1 atom stereocenters. The van der Waals surface area contributed by atoms with Gasteiger partial charge in [0.25, 0.3) is 0 Å². The Hall–Kier alpha value is -2.50. The summed E-state index contributed by atoms with van der Waals surface area (Å²) in [7, 11) is 0.